The minimum absolute atomic E-state index is 0.196. The monoisotopic (exact) mass is 193 g/mol. The highest BCUT2D eigenvalue weighted by Gasteiger charge is 2.02. The summed E-state index contributed by atoms with van der Waals surface area (Å²) >= 11 is 5.83. The Bertz CT molecular complexity index is 462. The molecule has 0 atom stereocenters. The predicted octanol–water partition coefficient (Wildman–Crippen LogP) is 2.78. The lowest BCUT2D eigenvalue weighted by atomic mass is 10.1. The topological polar surface area (TPSA) is 46.2 Å². The second kappa shape index (κ2) is 2.82. The molecule has 13 heavy (non-hydrogen) atoms. The normalized spacial score (nSPS) is 10.5. The van der Waals surface area contributed by atoms with Crippen LogP contribution >= 0.6 is 11.6 Å². The smallest absolute Gasteiger partial charge is 0.116 e. The average Bonchev–Trinajstić information content (AvgIpc) is 2.12. The third-order valence-electron chi connectivity index (χ3n) is 1.99. The van der Waals surface area contributed by atoms with Crippen molar-refractivity contribution in [2.75, 3.05) is 5.73 Å². The number of aromatic hydroxyl groups is 1. The maximum Gasteiger partial charge on any atom is 0.116 e. The number of hydrogen-bond acceptors (Lipinski definition) is 2. The van der Waals surface area contributed by atoms with Gasteiger partial charge in [-0.3, -0.25) is 0 Å². The Kier molecular flexibility index (Phi) is 1.78. The molecule has 0 radical (unpaired) electrons. The van der Waals surface area contributed by atoms with Gasteiger partial charge in [0.25, 0.3) is 0 Å². The first-order valence-electron chi connectivity index (χ1n) is 3.85. The second-order valence-electron chi connectivity index (χ2n) is 2.87. The molecule has 3 heteroatoms. The highest BCUT2D eigenvalue weighted by atomic mass is 35.5. The van der Waals surface area contributed by atoms with Crippen molar-refractivity contribution in [2.24, 2.45) is 0 Å². The van der Waals surface area contributed by atoms with E-state index in [1.165, 1.54) is 0 Å². The van der Waals surface area contributed by atoms with Crippen molar-refractivity contribution in [2.45, 2.75) is 0 Å². The number of anilines is 1. The number of rotatable bonds is 0. The summed E-state index contributed by atoms with van der Waals surface area (Å²) < 4.78 is 0. The molecule has 3 N–H and O–H groups in total. The van der Waals surface area contributed by atoms with Crippen LogP contribution in [0.5, 0.6) is 5.75 Å². The first kappa shape index (κ1) is 8.20. The molecule has 2 rings (SSSR count). The third-order valence-corrected chi connectivity index (χ3v) is 2.32. The van der Waals surface area contributed by atoms with Gasteiger partial charge >= 0.3 is 0 Å². The van der Waals surface area contributed by atoms with E-state index in [1.54, 1.807) is 24.3 Å². The lowest BCUT2D eigenvalue weighted by Gasteiger charge is -2.03. The van der Waals surface area contributed by atoms with Crippen molar-refractivity contribution >= 4 is 28.1 Å². The van der Waals surface area contributed by atoms with E-state index in [0.29, 0.717) is 10.7 Å². The zero-order valence-corrected chi connectivity index (χ0v) is 7.55. The Balaban J connectivity index is 2.89. The lowest BCUT2D eigenvalue weighted by Crippen LogP contribution is -1.87. The van der Waals surface area contributed by atoms with Gasteiger partial charge in [0.05, 0.1) is 10.7 Å². The van der Waals surface area contributed by atoms with E-state index in [-0.39, 0.29) is 5.75 Å². The van der Waals surface area contributed by atoms with Crippen LogP contribution in [0, 0.1) is 0 Å². The molecule has 0 unspecified atom stereocenters. The van der Waals surface area contributed by atoms with Crippen LogP contribution in [0.2, 0.25) is 5.02 Å². The number of fused-ring (bicyclic) bond motifs is 1. The van der Waals surface area contributed by atoms with Crippen LogP contribution in [-0.2, 0) is 0 Å². The van der Waals surface area contributed by atoms with Crippen LogP contribution in [-0.4, -0.2) is 5.11 Å². The molecule has 0 fully saturated rings. The summed E-state index contributed by atoms with van der Waals surface area (Å²) in [5.41, 5.74) is 6.25. The van der Waals surface area contributed by atoms with Gasteiger partial charge in [0.15, 0.2) is 0 Å². The van der Waals surface area contributed by atoms with Crippen LogP contribution in [0.1, 0.15) is 0 Å². The summed E-state index contributed by atoms with van der Waals surface area (Å²) in [6.07, 6.45) is 0. The Morgan fingerprint density at radius 1 is 1.15 bits per heavy atom. The summed E-state index contributed by atoms with van der Waals surface area (Å²) in [6.45, 7) is 0. The highest BCUT2D eigenvalue weighted by molar-refractivity contribution is 6.34. The van der Waals surface area contributed by atoms with Gasteiger partial charge in [-0.1, -0.05) is 23.7 Å². The van der Waals surface area contributed by atoms with E-state index in [4.69, 9.17) is 17.3 Å². The number of hydrogen-bond donors (Lipinski definition) is 2. The molecule has 0 spiro atoms. The Labute approximate surface area is 80.6 Å². The molecule has 2 nitrogen and oxygen atoms in total. The summed E-state index contributed by atoms with van der Waals surface area (Å²) in [7, 11) is 0. The minimum atomic E-state index is 0.196. The van der Waals surface area contributed by atoms with Gasteiger partial charge in [0.1, 0.15) is 5.75 Å². The molecule has 2 aromatic rings. The average molecular weight is 194 g/mol. The van der Waals surface area contributed by atoms with Crippen molar-refractivity contribution in [1.82, 2.24) is 0 Å². The number of halogens is 1. The molecule has 0 aliphatic rings. The van der Waals surface area contributed by atoms with Gasteiger partial charge in [0, 0.05) is 5.39 Å². The molecular formula is C10H8ClNO. The molecule has 66 valence electrons. The van der Waals surface area contributed by atoms with Crippen LogP contribution in [0.15, 0.2) is 30.3 Å². The summed E-state index contributed by atoms with van der Waals surface area (Å²) in [6, 6.07) is 8.65. The van der Waals surface area contributed by atoms with E-state index >= 15 is 0 Å². The number of nitrogen functional groups attached to an aromatic ring is 1. The number of benzene rings is 2. The first-order chi connectivity index (χ1) is 6.18. The van der Waals surface area contributed by atoms with Crippen molar-refractivity contribution in [1.29, 1.82) is 0 Å². The van der Waals surface area contributed by atoms with Gasteiger partial charge in [-0.2, -0.15) is 0 Å². The predicted molar refractivity (Wildman–Crippen MR) is 55.0 cm³/mol. The summed E-state index contributed by atoms with van der Waals surface area (Å²) in [5, 5.41) is 11.5. The van der Waals surface area contributed by atoms with Crippen molar-refractivity contribution in [3.05, 3.63) is 35.4 Å². The van der Waals surface area contributed by atoms with Gasteiger partial charge < -0.3 is 10.8 Å². The molecule has 0 aliphatic heterocycles. The second-order valence-corrected chi connectivity index (χ2v) is 3.27. The summed E-state index contributed by atoms with van der Waals surface area (Å²) in [4.78, 5) is 0. The SMILES string of the molecule is Nc1c(Cl)ccc2ccc(O)cc12. The molecular weight excluding hydrogens is 186 g/mol. The highest BCUT2D eigenvalue weighted by Crippen LogP contribution is 2.30. The quantitative estimate of drug-likeness (QED) is 0.632. The largest absolute Gasteiger partial charge is 0.508 e. The fraction of sp³-hybridized carbons (Fsp3) is 0. The molecule has 0 amide bonds. The molecule has 0 aromatic heterocycles. The summed E-state index contributed by atoms with van der Waals surface area (Å²) in [5.74, 6) is 0.196. The van der Waals surface area contributed by atoms with Gasteiger partial charge in [-0.15, -0.1) is 0 Å². The van der Waals surface area contributed by atoms with E-state index in [1.807, 2.05) is 6.07 Å². The Morgan fingerprint density at radius 2 is 1.85 bits per heavy atom. The Morgan fingerprint density at radius 3 is 2.62 bits per heavy atom. The fourth-order valence-corrected chi connectivity index (χ4v) is 1.47. The molecule has 2 aromatic carbocycles. The van der Waals surface area contributed by atoms with Crippen molar-refractivity contribution in [3.63, 3.8) is 0 Å². The van der Waals surface area contributed by atoms with Crippen LogP contribution in [0.3, 0.4) is 0 Å². The number of phenols is 1. The van der Waals surface area contributed by atoms with E-state index in [2.05, 4.69) is 0 Å². The zero-order chi connectivity index (χ0) is 9.42. The first-order valence-corrected chi connectivity index (χ1v) is 4.23. The maximum atomic E-state index is 9.25. The lowest BCUT2D eigenvalue weighted by molar-refractivity contribution is 0.476. The fourth-order valence-electron chi connectivity index (χ4n) is 1.30. The van der Waals surface area contributed by atoms with Gasteiger partial charge in [0.2, 0.25) is 0 Å². The molecule has 0 saturated heterocycles. The molecule has 0 saturated carbocycles. The zero-order valence-electron chi connectivity index (χ0n) is 6.79. The van der Waals surface area contributed by atoms with Gasteiger partial charge in [-0.05, 0) is 23.6 Å². The van der Waals surface area contributed by atoms with Crippen LogP contribution < -0.4 is 5.73 Å². The molecule has 0 aliphatic carbocycles. The van der Waals surface area contributed by atoms with Crippen LogP contribution in [0.4, 0.5) is 5.69 Å². The third kappa shape index (κ3) is 1.29. The van der Waals surface area contributed by atoms with Crippen molar-refractivity contribution in [3.8, 4) is 5.75 Å². The minimum Gasteiger partial charge on any atom is -0.508 e. The maximum absolute atomic E-state index is 9.25. The molecule has 0 bridgehead atoms. The van der Waals surface area contributed by atoms with E-state index < -0.39 is 0 Å². The Hall–Kier alpha value is -1.41. The standard InChI is InChI=1S/C10H8ClNO/c11-9-4-2-6-1-3-7(13)5-8(6)10(9)12/h1-5,13H,12H2. The van der Waals surface area contributed by atoms with Gasteiger partial charge in [-0.25, -0.2) is 0 Å². The van der Waals surface area contributed by atoms with E-state index in [0.717, 1.165) is 10.8 Å². The number of phenolic OH excluding ortho intramolecular Hbond substituents is 1. The van der Waals surface area contributed by atoms with E-state index in [9.17, 15) is 5.11 Å². The number of nitrogens with two attached hydrogens (primary N) is 1. The molecule has 0 heterocycles. The van der Waals surface area contributed by atoms with Crippen LogP contribution in [0.25, 0.3) is 10.8 Å². The van der Waals surface area contributed by atoms with Crippen molar-refractivity contribution < 1.29 is 5.11 Å².